The number of halogens is 1. The van der Waals surface area contributed by atoms with Crippen molar-refractivity contribution in [1.82, 2.24) is 20.4 Å². The van der Waals surface area contributed by atoms with Crippen LogP contribution in [0.1, 0.15) is 53.4 Å². The Morgan fingerprint density at radius 3 is 2.56 bits per heavy atom. The van der Waals surface area contributed by atoms with Crippen LogP contribution in [-0.4, -0.2) is 72.5 Å². The van der Waals surface area contributed by atoms with Crippen molar-refractivity contribution in [2.24, 2.45) is 4.99 Å². The highest BCUT2D eigenvalue weighted by Gasteiger charge is 2.30. The van der Waals surface area contributed by atoms with Crippen LogP contribution in [0.3, 0.4) is 0 Å². The molecular weight excluding hydrogens is 429 g/mol. The smallest absolute Gasteiger partial charge is 0.222 e. The molecule has 0 aromatic heterocycles. The summed E-state index contributed by atoms with van der Waals surface area (Å²) in [6.45, 7) is 12.9. The van der Waals surface area contributed by atoms with Crippen molar-refractivity contribution in [2.75, 3.05) is 32.7 Å². The average molecular weight is 465 g/mol. The number of aliphatic imine (C=N–C) groups is 1. The third kappa shape index (κ3) is 7.29. The number of hydrogen-bond donors (Lipinski definition) is 2. The molecule has 7 heteroatoms. The molecular formula is C18H36IN5O. The normalized spacial score (nSPS) is 20.8. The van der Waals surface area contributed by atoms with Crippen molar-refractivity contribution in [3.63, 3.8) is 0 Å². The second kappa shape index (κ2) is 11.2. The summed E-state index contributed by atoms with van der Waals surface area (Å²) in [4.78, 5) is 21.1. The van der Waals surface area contributed by atoms with Gasteiger partial charge in [0.15, 0.2) is 5.96 Å². The van der Waals surface area contributed by atoms with Gasteiger partial charge in [0, 0.05) is 50.7 Å². The van der Waals surface area contributed by atoms with Crippen molar-refractivity contribution >= 4 is 35.8 Å². The van der Waals surface area contributed by atoms with Crippen LogP contribution in [0.5, 0.6) is 0 Å². The van der Waals surface area contributed by atoms with Crippen LogP contribution in [0.25, 0.3) is 0 Å². The molecule has 1 atom stereocenters. The van der Waals surface area contributed by atoms with E-state index < -0.39 is 0 Å². The van der Waals surface area contributed by atoms with Gasteiger partial charge < -0.3 is 15.5 Å². The van der Waals surface area contributed by atoms with Gasteiger partial charge in [0.2, 0.25) is 5.91 Å². The molecule has 1 unspecified atom stereocenters. The maximum Gasteiger partial charge on any atom is 0.222 e. The van der Waals surface area contributed by atoms with Crippen LogP contribution < -0.4 is 10.6 Å². The molecule has 1 saturated carbocycles. The summed E-state index contributed by atoms with van der Waals surface area (Å²) in [5.74, 6) is 1.13. The summed E-state index contributed by atoms with van der Waals surface area (Å²) in [5, 5.41) is 6.83. The van der Waals surface area contributed by atoms with E-state index >= 15 is 0 Å². The molecule has 0 spiro atoms. The Morgan fingerprint density at radius 2 is 2.00 bits per heavy atom. The van der Waals surface area contributed by atoms with Crippen LogP contribution in [0, 0.1) is 0 Å². The molecule has 0 bridgehead atoms. The number of amides is 1. The Hall–Kier alpha value is -0.570. The first-order valence-corrected chi connectivity index (χ1v) is 9.63. The molecule has 1 saturated heterocycles. The molecule has 0 aromatic rings. The van der Waals surface area contributed by atoms with Crippen molar-refractivity contribution in [2.45, 2.75) is 71.5 Å². The largest absolute Gasteiger partial charge is 0.357 e. The van der Waals surface area contributed by atoms with Gasteiger partial charge in [-0.05, 0) is 40.0 Å². The van der Waals surface area contributed by atoms with E-state index in [4.69, 9.17) is 4.99 Å². The van der Waals surface area contributed by atoms with Gasteiger partial charge in [-0.3, -0.25) is 14.7 Å². The lowest BCUT2D eigenvalue weighted by atomic mass is 10.3. The van der Waals surface area contributed by atoms with Crippen LogP contribution >= 0.6 is 24.0 Å². The number of rotatable bonds is 8. The fourth-order valence-electron chi connectivity index (χ4n) is 3.39. The van der Waals surface area contributed by atoms with E-state index in [2.05, 4.69) is 36.3 Å². The lowest BCUT2D eigenvalue weighted by Gasteiger charge is -2.25. The number of carbonyl (C=O) groups excluding carboxylic acids is 1. The van der Waals surface area contributed by atoms with E-state index in [1.165, 1.54) is 12.8 Å². The third-order valence-corrected chi connectivity index (χ3v) is 4.84. The predicted molar refractivity (Wildman–Crippen MR) is 115 cm³/mol. The number of guanidine groups is 1. The second-order valence-electron chi connectivity index (χ2n) is 7.15. The lowest BCUT2D eigenvalue weighted by molar-refractivity contribution is -0.129. The van der Waals surface area contributed by atoms with E-state index in [1.54, 1.807) is 0 Å². The molecule has 1 aliphatic heterocycles. The Kier molecular flexibility index (Phi) is 10.1. The van der Waals surface area contributed by atoms with Gasteiger partial charge in [-0.1, -0.05) is 6.92 Å². The van der Waals surface area contributed by atoms with Gasteiger partial charge >= 0.3 is 0 Å². The Bertz CT molecular complexity index is 437. The number of nitrogens with zero attached hydrogens (tertiary/aromatic N) is 3. The van der Waals surface area contributed by atoms with Crippen molar-refractivity contribution in [1.29, 1.82) is 0 Å². The number of hydrogen-bond acceptors (Lipinski definition) is 3. The topological polar surface area (TPSA) is 60.0 Å². The van der Waals surface area contributed by atoms with E-state index in [-0.39, 0.29) is 29.9 Å². The lowest BCUT2D eigenvalue weighted by Crippen LogP contribution is -2.45. The van der Waals surface area contributed by atoms with E-state index in [1.807, 2.05) is 11.8 Å². The summed E-state index contributed by atoms with van der Waals surface area (Å²) in [6, 6.07) is 1.67. The zero-order valence-corrected chi connectivity index (χ0v) is 18.6. The standard InChI is InChI=1S/C18H35N5O.HI/c1-5-17(24)22-11-9-15(13-22)21-18(19-6-2)20-10-12-23(14(3)4)16-7-8-16;/h14-16H,5-13H2,1-4H3,(H2,19,20,21);1H. The summed E-state index contributed by atoms with van der Waals surface area (Å²) in [6.07, 6.45) is 4.26. The molecule has 2 fully saturated rings. The molecule has 1 heterocycles. The molecule has 146 valence electrons. The SMILES string of the molecule is CCNC(=NCCN(C(C)C)C1CC1)NC1CCN(C(=O)CC)C1.I. The van der Waals surface area contributed by atoms with Crippen LogP contribution in [-0.2, 0) is 4.79 Å². The first-order valence-electron chi connectivity index (χ1n) is 9.63. The average Bonchev–Trinajstić information content (AvgIpc) is 3.28. The summed E-state index contributed by atoms with van der Waals surface area (Å²) >= 11 is 0. The van der Waals surface area contributed by atoms with E-state index in [9.17, 15) is 4.79 Å². The Labute approximate surface area is 170 Å². The van der Waals surface area contributed by atoms with Crippen molar-refractivity contribution in [3.8, 4) is 0 Å². The maximum atomic E-state index is 11.8. The molecule has 2 aliphatic rings. The summed E-state index contributed by atoms with van der Waals surface area (Å²) in [5.41, 5.74) is 0. The number of carbonyl (C=O) groups is 1. The molecule has 1 amide bonds. The zero-order valence-electron chi connectivity index (χ0n) is 16.3. The Balaban J connectivity index is 0.00000312. The first kappa shape index (κ1) is 22.5. The van der Waals surface area contributed by atoms with Gasteiger partial charge in [-0.2, -0.15) is 0 Å². The quantitative estimate of drug-likeness (QED) is 0.327. The van der Waals surface area contributed by atoms with E-state index in [0.717, 1.165) is 51.1 Å². The molecule has 2 N–H and O–H groups in total. The Morgan fingerprint density at radius 1 is 1.28 bits per heavy atom. The monoisotopic (exact) mass is 465 g/mol. The maximum absolute atomic E-state index is 11.8. The van der Waals surface area contributed by atoms with Gasteiger partial charge in [0.05, 0.1) is 6.54 Å². The van der Waals surface area contributed by atoms with E-state index in [0.29, 0.717) is 18.5 Å². The number of nitrogens with one attached hydrogen (secondary N) is 2. The van der Waals surface area contributed by atoms with Crippen molar-refractivity contribution in [3.05, 3.63) is 0 Å². The zero-order chi connectivity index (χ0) is 17.5. The van der Waals surface area contributed by atoms with Crippen LogP contribution in [0.4, 0.5) is 0 Å². The number of likely N-dealkylation sites (tertiary alicyclic amines) is 1. The molecule has 2 rings (SSSR count). The molecule has 25 heavy (non-hydrogen) atoms. The third-order valence-electron chi connectivity index (χ3n) is 4.84. The molecule has 1 aliphatic carbocycles. The van der Waals surface area contributed by atoms with Gasteiger partial charge in [-0.15, -0.1) is 24.0 Å². The fraction of sp³-hybridized carbons (Fsp3) is 0.889. The second-order valence-corrected chi connectivity index (χ2v) is 7.15. The molecule has 6 nitrogen and oxygen atoms in total. The minimum absolute atomic E-state index is 0. The van der Waals surface area contributed by atoms with Crippen LogP contribution in [0.2, 0.25) is 0 Å². The highest BCUT2D eigenvalue weighted by Crippen LogP contribution is 2.28. The summed E-state index contributed by atoms with van der Waals surface area (Å²) in [7, 11) is 0. The van der Waals surface area contributed by atoms with Crippen molar-refractivity contribution < 1.29 is 4.79 Å². The predicted octanol–water partition coefficient (Wildman–Crippen LogP) is 2.04. The van der Waals surface area contributed by atoms with Crippen LogP contribution in [0.15, 0.2) is 4.99 Å². The highest BCUT2D eigenvalue weighted by atomic mass is 127. The summed E-state index contributed by atoms with van der Waals surface area (Å²) < 4.78 is 0. The molecule has 0 aromatic carbocycles. The highest BCUT2D eigenvalue weighted by molar-refractivity contribution is 14.0. The minimum Gasteiger partial charge on any atom is -0.357 e. The molecule has 0 radical (unpaired) electrons. The first-order chi connectivity index (χ1) is 11.5. The van der Waals surface area contributed by atoms with Gasteiger partial charge in [0.1, 0.15) is 0 Å². The fourth-order valence-corrected chi connectivity index (χ4v) is 3.39. The van der Waals surface area contributed by atoms with Gasteiger partial charge in [0.25, 0.3) is 0 Å². The minimum atomic E-state index is 0. The van der Waals surface area contributed by atoms with Gasteiger partial charge in [-0.25, -0.2) is 0 Å².